The molecule has 1 unspecified atom stereocenters. The summed E-state index contributed by atoms with van der Waals surface area (Å²) in [5.74, 6) is 0.734. The summed E-state index contributed by atoms with van der Waals surface area (Å²) in [7, 11) is 1.61. The van der Waals surface area contributed by atoms with E-state index in [0.717, 1.165) is 18.9 Å². The number of hydrogen-bond donors (Lipinski definition) is 1. The molecule has 3 heterocycles. The lowest BCUT2D eigenvalue weighted by molar-refractivity contribution is 0.0418. The summed E-state index contributed by atoms with van der Waals surface area (Å²) in [6.45, 7) is 3.23. The molecule has 128 valence electrons. The van der Waals surface area contributed by atoms with Crippen LogP contribution in [0.2, 0.25) is 0 Å². The molecule has 7 heteroatoms. The average Bonchev–Trinajstić information content (AvgIpc) is 3.17. The third kappa shape index (κ3) is 4.11. The normalized spacial score (nSPS) is 17.7. The van der Waals surface area contributed by atoms with E-state index in [9.17, 15) is 4.79 Å². The van der Waals surface area contributed by atoms with Crippen LogP contribution in [-0.4, -0.2) is 50.8 Å². The number of nitrogens with zero attached hydrogens (tertiary/aromatic N) is 2. The number of ether oxygens (including phenoxy) is 2. The van der Waals surface area contributed by atoms with Gasteiger partial charge in [0.25, 0.3) is 5.91 Å². The van der Waals surface area contributed by atoms with Gasteiger partial charge < -0.3 is 19.7 Å². The number of nitrogens with one attached hydrogen (secondary N) is 1. The number of pyridine rings is 1. The van der Waals surface area contributed by atoms with Crippen molar-refractivity contribution in [3.63, 3.8) is 0 Å². The molecule has 1 amide bonds. The highest BCUT2D eigenvalue weighted by molar-refractivity contribution is 7.10. The maximum atomic E-state index is 12.0. The highest BCUT2D eigenvalue weighted by atomic mass is 32.1. The van der Waals surface area contributed by atoms with E-state index >= 15 is 0 Å². The Morgan fingerprint density at radius 3 is 3.12 bits per heavy atom. The number of carbonyl (C=O) groups excluding carboxylic acids is 1. The molecule has 0 bridgehead atoms. The molecule has 0 spiro atoms. The lowest BCUT2D eigenvalue weighted by Gasteiger charge is -2.33. The van der Waals surface area contributed by atoms with Crippen molar-refractivity contribution >= 4 is 23.1 Å². The molecular weight excluding hydrogens is 326 g/mol. The number of thiophene rings is 1. The fourth-order valence-electron chi connectivity index (χ4n) is 2.58. The van der Waals surface area contributed by atoms with Crippen LogP contribution in [0.3, 0.4) is 0 Å². The predicted octanol–water partition coefficient (Wildman–Crippen LogP) is 2.10. The molecule has 2 aromatic rings. The lowest BCUT2D eigenvalue weighted by Crippen LogP contribution is -2.38. The Bertz CT molecular complexity index is 646. The molecule has 24 heavy (non-hydrogen) atoms. The number of aromatic nitrogens is 1. The van der Waals surface area contributed by atoms with Gasteiger partial charge in [0.05, 0.1) is 25.3 Å². The number of anilines is 1. The number of morpholine rings is 1. The summed E-state index contributed by atoms with van der Waals surface area (Å²) >= 11 is 1.71. The van der Waals surface area contributed by atoms with Crippen molar-refractivity contribution in [3.05, 3.63) is 46.3 Å². The summed E-state index contributed by atoms with van der Waals surface area (Å²) < 4.78 is 10.8. The van der Waals surface area contributed by atoms with Gasteiger partial charge in [-0.05, 0) is 23.6 Å². The molecule has 0 aliphatic carbocycles. The summed E-state index contributed by atoms with van der Waals surface area (Å²) in [6, 6.07) is 7.83. The highest BCUT2D eigenvalue weighted by Gasteiger charge is 2.23. The van der Waals surface area contributed by atoms with E-state index in [1.54, 1.807) is 30.7 Å². The molecule has 1 aliphatic heterocycles. The Hall–Kier alpha value is -1.96. The van der Waals surface area contributed by atoms with Gasteiger partial charge in [0.15, 0.2) is 0 Å². The van der Waals surface area contributed by atoms with Crippen molar-refractivity contribution in [1.29, 1.82) is 0 Å². The van der Waals surface area contributed by atoms with Gasteiger partial charge in [0.2, 0.25) is 0 Å². The van der Waals surface area contributed by atoms with E-state index < -0.39 is 0 Å². The average molecular weight is 347 g/mol. The summed E-state index contributed by atoms with van der Waals surface area (Å²) in [5, 5.41) is 4.85. The maximum absolute atomic E-state index is 12.0. The van der Waals surface area contributed by atoms with E-state index in [0.29, 0.717) is 25.3 Å². The predicted molar refractivity (Wildman–Crippen MR) is 93.7 cm³/mol. The van der Waals surface area contributed by atoms with Crippen LogP contribution in [0.4, 0.5) is 5.82 Å². The van der Waals surface area contributed by atoms with E-state index in [2.05, 4.69) is 26.6 Å². The van der Waals surface area contributed by atoms with Crippen LogP contribution in [0.1, 0.15) is 21.3 Å². The number of hydrogen-bond acceptors (Lipinski definition) is 6. The molecular formula is C17H21N3O3S. The van der Waals surface area contributed by atoms with Gasteiger partial charge in [0, 0.05) is 31.3 Å². The van der Waals surface area contributed by atoms with Crippen molar-refractivity contribution in [3.8, 4) is 0 Å². The van der Waals surface area contributed by atoms with Crippen LogP contribution < -0.4 is 10.2 Å². The van der Waals surface area contributed by atoms with Gasteiger partial charge >= 0.3 is 0 Å². The minimum absolute atomic E-state index is 0.0811. The second-order valence-corrected chi connectivity index (χ2v) is 6.45. The standard InChI is InChI=1S/C17H21N3O3S/c1-22-8-6-18-17(21)13-4-5-16(19-11-13)20-7-9-23-14(12-20)15-3-2-10-24-15/h2-5,10-11,14H,6-9,12H2,1H3,(H,18,21). The van der Waals surface area contributed by atoms with Gasteiger partial charge in [-0.15, -0.1) is 11.3 Å². The van der Waals surface area contributed by atoms with Gasteiger partial charge in [-0.1, -0.05) is 6.07 Å². The van der Waals surface area contributed by atoms with Crippen LogP contribution in [0, 0.1) is 0 Å². The molecule has 1 atom stereocenters. The van der Waals surface area contributed by atoms with Gasteiger partial charge in [0.1, 0.15) is 11.9 Å². The van der Waals surface area contributed by atoms with Crippen LogP contribution in [0.15, 0.2) is 35.8 Å². The van der Waals surface area contributed by atoms with E-state index in [4.69, 9.17) is 9.47 Å². The van der Waals surface area contributed by atoms with Crippen molar-refractivity contribution in [2.24, 2.45) is 0 Å². The molecule has 6 nitrogen and oxygen atoms in total. The van der Waals surface area contributed by atoms with Crippen LogP contribution in [0.5, 0.6) is 0 Å². The molecule has 1 fully saturated rings. The van der Waals surface area contributed by atoms with Gasteiger partial charge in [-0.3, -0.25) is 4.79 Å². The topological polar surface area (TPSA) is 63.7 Å². The van der Waals surface area contributed by atoms with Crippen LogP contribution in [0.25, 0.3) is 0 Å². The SMILES string of the molecule is COCCNC(=O)c1ccc(N2CCOC(c3cccs3)C2)nc1. The van der Waals surface area contributed by atoms with Gasteiger partial charge in [-0.2, -0.15) is 0 Å². The van der Waals surface area contributed by atoms with Crippen molar-refractivity contribution in [2.75, 3.05) is 44.9 Å². The molecule has 0 radical (unpaired) electrons. The van der Waals surface area contributed by atoms with Crippen molar-refractivity contribution in [2.45, 2.75) is 6.10 Å². The summed E-state index contributed by atoms with van der Waals surface area (Å²) in [6.07, 6.45) is 1.70. The van der Waals surface area contributed by atoms with E-state index in [1.165, 1.54) is 4.88 Å². The van der Waals surface area contributed by atoms with E-state index in [-0.39, 0.29) is 12.0 Å². The molecule has 0 saturated carbocycles. The second-order valence-electron chi connectivity index (χ2n) is 5.47. The first-order valence-corrected chi connectivity index (χ1v) is 8.79. The Kier molecular flexibility index (Phi) is 5.79. The maximum Gasteiger partial charge on any atom is 0.252 e. The van der Waals surface area contributed by atoms with Crippen molar-refractivity contribution in [1.82, 2.24) is 10.3 Å². The molecule has 0 aromatic carbocycles. The third-order valence-electron chi connectivity index (χ3n) is 3.85. The Morgan fingerprint density at radius 1 is 1.50 bits per heavy atom. The van der Waals surface area contributed by atoms with Crippen LogP contribution >= 0.6 is 11.3 Å². The lowest BCUT2D eigenvalue weighted by atomic mass is 10.2. The van der Waals surface area contributed by atoms with E-state index in [1.807, 2.05) is 12.1 Å². The fourth-order valence-corrected chi connectivity index (χ4v) is 3.35. The zero-order chi connectivity index (χ0) is 16.8. The zero-order valence-electron chi connectivity index (χ0n) is 13.6. The fraction of sp³-hybridized carbons (Fsp3) is 0.412. The minimum Gasteiger partial charge on any atom is -0.383 e. The second kappa shape index (κ2) is 8.23. The Morgan fingerprint density at radius 2 is 2.42 bits per heavy atom. The van der Waals surface area contributed by atoms with Crippen molar-refractivity contribution < 1.29 is 14.3 Å². The molecule has 3 rings (SSSR count). The first-order chi connectivity index (χ1) is 11.8. The Labute approximate surface area is 145 Å². The summed E-state index contributed by atoms with van der Waals surface area (Å²) in [5.41, 5.74) is 0.554. The summed E-state index contributed by atoms with van der Waals surface area (Å²) in [4.78, 5) is 19.9. The number of amides is 1. The van der Waals surface area contributed by atoms with Crippen LogP contribution in [-0.2, 0) is 9.47 Å². The first-order valence-electron chi connectivity index (χ1n) is 7.91. The third-order valence-corrected chi connectivity index (χ3v) is 4.82. The molecule has 1 aliphatic rings. The monoisotopic (exact) mass is 347 g/mol. The smallest absolute Gasteiger partial charge is 0.252 e. The molecule has 2 aromatic heterocycles. The molecule has 1 saturated heterocycles. The molecule has 1 N–H and O–H groups in total. The largest absolute Gasteiger partial charge is 0.383 e. The first kappa shape index (κ1) is 16.9. The Balaban J connectivity index is 1.61. The number of rotatable bonds is 6. The quantitative estimate of drug-likeness (QED) is 0.811. The minimum atomic E-state index is -0.135. The number of methoxy groups -OCH3 is 1. The van der Waals surface area contributed by atoms with Gasteiger partial charge in [-0.25, -0.2) is 4.98 Å². The number of carbonyl (C=O) groups is 1. The zero-order valence-corrected chi connectivity index (χ0v) is 14.4. The highest BCUT2D eigenvalue weighted by Crippen LogP contribution is 2.28.